The van der Waals surface area contributed by atoms with Crippen LogP contribution in [0.3, 0.4) is 0 Å². The Balaban J connectivity index is 0.000000311. The van der Waals surface area contributed by atoms with Gasteiger partial charge in [-0.15, -0.1) is 0 Å². The number of carbonyl (C=O) groups is 4. The maximum Gasteiger partial charge on any atom is 1.00 e. The van der Waals surface area contributed by atoms with Gasteiger partial charge in [-0.3, -0.25) is 0 Å². The van der Waals surface area contributed by atoms with Crippen molar-refractivity contribution in [3.8, 4) is 0 Å². The summed E-state index contributed by atoms with van der Waals surface area (Å²) in [5.74, 6) is -13.9. The fraction of sp³-hybridized carbons (Fsp3) is 0.407. The molecule has 1 unspecified atom stereocenters. The van der Waals surface area contributed by atoms with Crippen LogP contribution in [-0.4, -0.2) is 126 Å². The number of ether oxygens (including phenoxy) is 5. The van der Waals surface area contributed by atoms with E-state index in [0.29, 0.717) is 0 Å². The van der Waals surface area contributed by atoms with Crippen molar-refractivity contribution in [2.75, 3.05) is 13.2 Å². The van der Waals surface area contributed by atoms with E-state index in [4.69, 9.17) is 24.1 Å². The Morgan fingerprint density at radius 2 is 1.53 bits per heavy atom. The number of aliphatic hydroxyl groups excluding tert-OH is 1. The molecule has 240 valence electrons. The van der Waals surface area contributed by atoms with Crippen molar-refractivity contribution >= 4 is 72.3 Å². The zero-order valence-electron chi connectivity index (χ0n) is 24.0. The summed E-state index contributed by atoms with van der Waals surface area (Å²) in [5, 5.41) is 19.7. The molecule has 2 aliphatic heterocycles. The number of aliphatic carboxylic acids is 1. The van der Waals surface area contributed by atoms with Crippen LogP contribution in [0.5, 0.6) is 0 Å². The summed E-state index contributed by atoms with van der Waals surface area (Å²) < 4.78 is 79.1. The molecule has 1 N–H and O–H groups in total. The molecule has 0 aliphatic carbocycles. The smallest absolute Gasteiger partial charge is 1.00 e. The molecule has 2 fully saturated rings. The van der Waals surface area contributed by atoms with Gasteiger partial charge in [-0.25, -0.2) is 0 Å². The van der Waals surface area contributed by atoms with Gasteiger partial charge in [0, 0.05) is 0 Å². The molecule has 2 aromatic carbocycles. The minimum Gasteiger partial charge on any atom is 1.00 e. The Hall–Kier alpha value is -0.677. The number of benzene rings is 2. The molecule has 2 heterocycles. The maximum absolute atomic E-state index is 14.0. The fourth-order valence-electron chi connectivity index (χ4n) is 3.84. The predicted molar refractivity (Wildman–Crippen MR) is 144 cm³/mol. The van der Waals surface area contributed by atoms with Crippen molar-refractivity contribution in [1.29, 1.82) is 0 Å². The van der Waals surface area contributed by atoms with E-state index in [1.54, 1.807) is 60.7 Å². The quantitative estimate of drug-likeness (QED) is 0.110. The summed E-state index contributed by atoms with van der Waals surface area (Å²) in [6, 6.07) is 17.3. The van der Waals surface area contributed by atoms with Gasteiger partial charge in [0.1, 0.15) is 0 Å². The molecule has 0 aromatic heterocycles. The van der Waals surface area contributed by atoms with E-state index in [9.17, 15) is 41.8 Å². The topological polar surface area (TPSA) is 158 Å². The Labute approximate surface area is 320 Å². The largest absolute Gasteiger partial charge is 1.00 e. The molecule has 4 atom stereocenters. The molecule has 0 saturated carbocycles. The Morgan fingerprint density at radius 3 is 1.98 bits per heavy atom. The van der Waals surface area contributed by atoms with E-state index in [2.05, 4.69) is 4.74 Å². The number of cyclic esters (lactones) is 1. The summed E-state index contributed by atoms with van der Waals surface area (Å²) in [6.07, 6.45) is -7.26. The van der Waals surface area contributed by atoms with Crippen molar-refractivity contribution in [3.63, 3.8) is 0 Å². The minimum absolute atomic E-state index is 0. The zero-order chi connectivity index (χ0) is 32.7. The molecule has 45 heavy (non-hydrogen) atoms. The molecule has 0 amide bonds. The molecular formula is C27H27Bi2F4KO11. The van der Waals surface area contributed by atoms with Crippen molar-refractivity contribution in [1.82, 2.24) is 0 Å². The van der Waals surface area contributed by atoms with Gasteiger partial charge in [-0.05, 0) is 0 Å². The van der Waals surface area contributed by atoms with Crippen LogP contribution in [0.15, 0.2) is 60.7 Å². The third-order valence-electron chi connectivity index (χ3n) is 5.91. The first-order chi connectivity index (χ1) is 20.6. The van der Waals surface area contributed by atoms with E-state index in [-0.39, 0.29) is 58.0 Å². The average Bonchev–Trinajstić information content (AvgIpc) is 3.43. The Bertz CT molecular complexity index is 1320. The zero-order valence-corrected chi connectivity index (χ0v) is 34.9. The standard InChI is InChI=1S/C9H11F2O6.C6H5F2O5.2C6H5.2Bi.K.2H/c1-8(2)16-3-5(17-8)6(15-4-12)9(10,11)7(13)14;7-6(8)4(12-2-10)3(1-9)13-5(6)11;2*1-2-4-6-5-3-1;;;;;/h5-6H,3H2,1-2H3,(H,13,14);3-4,9H,1H2;2*1-5H;;;;;/q;;;;;;+1;;/p-1/t5-,6-;3-,4?;;;;;;;/m11......./s1. The summed E-state index contributed by atoms with van der Waals surface area (Å²) in [4.78, 5) is 45.5. The molecule has 4 rings (SSSR count). The number of esters is 1. The van der Waals surface area contributed by atoms with Crippen LogP contribution in [0.25, 0.3) is 0 Å². The molecule has 2 aliphatic rings. The van der Waals surface area contributed by atoms with E-state index < -0.39 is 114 Å². The van der Waals surface area contributed by atoms with Gasteiger partial charge in [0.2, 0.25) is 0 Å². The fourth-order valence-corrected chi connectivity index (χ4v) is 9.91. The number of alkyl halides is 4. The van der Waals surface area contributed by atoms with Gasteiger partial charge in [0.15, 0.2) is 0 Å². The van der Waals surface area contributed by atoms with Crippen LogP contribution < -0.4 is 63.0 Å². The number of halogens is 4. The molecule has 18 heteroatoms. The molecule has 0 radical (unpaired) electrons. The van der Waals surface area contributed by atoms with Crippen molar-refractivity contribution in [3.05, 3.63) is 60.7 Å². The molecule has 2 saturated heterocycles. The van der Waals surface area contributed by atoms with Crippen LogP contribution in [-0.2, 0) is 33.3 Å². The van der Waals surface area contributed by atoms with Gasteiger partial charge in [-0.1, -0.05) is 0 Å². The monoisotopic (exact) mass is 1060 g/mol. The van der Waals surface area contributed by atoms with Gasteiger partial charge in [0.05, 0.1) is 0 Å². The number of carboxylic acids is 1. The van der Waals surface area contributed by atoms with Gasteiger partial charge in [-0.2, -0.15) is 0 Å². The van der Waals surface area contributed by atoms with Crippen LogP contribution in [0.2, 0.25) is 0 Å². The predicted octanol–water partition coefficient (Wildman–Crippen LogP) is -3.40. The summed E-state index contributed by atoms with van der Waals surface area (Å²) in [6.45, 7) is 1.85. The first-order valence-corrected chi connectivity index (χ1v) is 20.5. The van der Waals surface area contributed by atoms with E-state index in [0.717, 1.165) is 6.54 Å². The number of aliphatic hydroxyl groups is 1. The third-order valence-corrected chi connectivity index (χ3v) is 13.3. The second-order valence-electron chi connectivity index (χ2n) is 9.66. The molecule has 2 aromatic rings. The van der Waals surface area contributed by atoms with Crippen molar-refractivity contribution in [2.45, 2.75) is 55.9 Å². The van der Waals surface area contributed by atoms with Gasteiger partial charge in [0.25, 0.3) is 0 Å². The molecular weight excluding hydrogens is 1030 g/mol. The van der Waals surface area contributed by atoms with Gasteiger partial charge >= 0.3 is 324 Å². The molecule has 0 bridgehead atoms. The number of carboxylic acid groups (broad SMARTS) is 1. The van der Waals surface area contributed by atoms with Crippen LogP contribution >= 0.6 is 0 Å². The first kappa shape index (κ1) is 40.5. The SMILES string of the molecule is CC1(C)OC[C@H]([C@@H](O[C](=O)[BiH][c]2ccccc2)C(F)(F)C(=O)[O-])O1.O=[C](OC1[C@@H](CO)OC(=O)C1(F)F)[BiH][c]1ccccc1.[K+]. The van der Waals surface area contributed by atoms with Crippen LogP contribution in [0.1, 0.15) is 13.8 Å². The second kappa shape index (κ2) is 17.6. The van der Waals surface area contributed by atoms with Crippen LogP contribution in [0, 0.1) is 0 Å². The van der Waals surface area contributed by atoms with Crippen LogP contribution in [0.4, 0.5) is 27.2 Å². The normalized spacial score (nSPS) is 22.1. The summed E-state index contributed by atoms with van der Waals surface area (Å²) in [5.41, 5.74) is 0. The number of hydrogen-bond acceptors (Lipinski definition) is 11. The molecule has 0 spiro atoms. The number of hydrogen-bond donors (Lipinski definition) is 1. The Kier molecular flexibility index (Phi) is 15.9. The van der Waals surface area contributed by atoms with E-state index in [1.807, 2.05) is 0 Å². The average molecular weight is 1060 g/mol. The Morgan fingerprint density at radius 1 is 1.02 bits per heavy atom. The summed E-state index contributed by atoms with van der Waals surface area (Å²) >= 11 is -4.33. The maximum atomic E-state index is 14.0. The third kappa shape index (κ3) is 11.5. The number of carbonyl (C=O) groups excluding carboxylic acids is 4. The summed E-state index contributed by atoms with van der Waals surface area (Å²) in [7, 11) is 0. The second-order valence-corrected chi connectivity index (χ2v) is 19.3. The first-order valence-electron chi connectivity index (χ1n) is 12.7. The number of rotatable bonds is 10. The van der Waals surface area contributed by atoms with E-state index >= 15 is 0 Å². The van der Waals surface area contributed by atoms with E-state index in [1.165, 1.54) is 13.8 Å². The minimum atomic E-state index is -4.38. The van der Waals surface area contributed by atoms with Gasteiger partial charge < -0.3 is 0 Å². The van der Waals surface area contributed by atoms with Crippen molar-refractivity contribution in [2.24, 2.45) is 0 Å². The molecule has 11 nitrogen and oxygen atoms in total. The van der Waals surface area contributed by atoms with Crippen molar-refractivity contribution < 1.29 is 122 Å².